The van der Waals surface area contributed by atoms with Gasteiger partial charge < -0.3 is 20.5 Å². The van der Waals surface area contributed by atoms with Gasteiger partial charge in [0.05, 0.1) is 18.8 Å². The highest BCUT2D eigenvalue weighted by molar-refractivity contribution is 6.31. The molecule has 0 radical (unpaired) electrons. The second kappa shape index (κ2) is 5.13. The summed E-state index contributed by atoms with van der Waals surface area (Å²) in [7, 11) is 0. The Morgan fingerprint density at radius 1 is 1.42 bits per heavy atom. The fourth-order valence-corrected chi connectivity index (χ4v) is 3.00. The number of nitrogens with one attached hydrogen (secondary N) is 2. The summed E-state index contributed by atoms with van der Waals surface area (Å²) < 4.78 is 0. The van der Waals surface area contributed by atoms with Gasteiger partial charge in [-0.15, -0.1) is 0 Å². The molecule has 0 amide bonds. The van der Waals surface area contributed by atoms with Gasteiger partial charge in [-0.25, -0.2) is 0 Å². The number of hydrogen-bond donors (Lipinski definition) is 4. The van der Waals surface area contributed by atoms with Crippen molar-refractivity contribution < 1.29 is 10.2 Å². The van der Waals surface area contributed by atoms with Crippen LogP contribution in [0.2, 0.25) is 5.02 Å². The van der Waals surface area contributed by atoms with E-state index in [0.717, 1.165) is 34.6 Å². The summed E-state index contributed by atoms with van der Waals surface area (Å²) in [5, 5.41) is 23.9. The zero-order valence-corrected chi connectivity index (χ0v) is 11.2. The molecule has 4 nitrogen and oxygen atoms in total. The third-order valence-electron chi connectivity index (χ3n) is 3.73. The molecule has 4 N–H and O–H groups in total. The number of aromatic nitrogens is 1. The lowest BCUT2D eigenvalue weighted by atomic mass is 9.96. The molecule has 2 aromatic rings. The van der Waals surface area contributed by atoms with E-state index in [1.807, 2.05) is 18.2 Å². The van der Waals surface area contributed by atoms with Gasteiger partial charge in [0, 0.05) is 21.6 Å². The molecule has 102 valence electrons. The standard InChI is InChI=1S/C14H17ClN2O2/c15-8-1-2-12-11(5-8)10-3-4-16-13(14(10)17-12)6-9(19)7-18/h1-2,5,9,13,16-19H,3-4,6-7H2/t9-,13+/m0/s1. The van der Waals surface area contributed by atoms with Crippen molar-refractivity contribution in [1.82, 2.24) is 10.3 Å². The lowest BCUT2D eigenvalue weighted by Crippen LogP contribution is -2.33. The molecule has 0 saturated carbocycles. The van der Waals surface area contributed by atoms with Crippen LogP contribution in [0.1, 0.15) is 23.7 Å². The zero-order valence-electron chi connectivity index (χ0n) is 10.5. The summed E-state index contributed by atoms with van der Waals surface area (Å²) in [6, 6.07) is 5.89. The Labute approximate surface area is 116 Å². The molecule has 0 aliphatic carbocycles. The van der Waals surface area contributed by atoms with Gasteiger partial charge in [0.1, 0.15) is 0 Å². The minimum atomic E-state index is -0.696. The first kappa shape index (κ1) is 12.9. The maximum Gasteiger partial charge on any atom is 0.0789 e. The fourth-order valence-electron chi connectivity index (χ4n) is 2.83. The normalized spacial score (nSPS) is 20.5. The quantitative estimate of drug-likeness (QED) is 0.692. The van der Waals surface area contributed by atoms with Crippen molar-refractivity contribution in [3.63, 3.8) is 0 Å². The molecule has 0 saturated heterocycles. The first-order valence-electron chi connectivity index (χ1n) is 6.51. The van der Waals surface area contributed by atoms with Crippen molar-refractivity contribution in [2.75, 3.05) is 13.2 Å². The Morgan fingerprint density at radius 3 is 3.05 bits per heavy atom. The van der Waals surface area contributed by atoms with E-state index in [0.29, 0.717) is 6.42 Å². The van der Waals surface area contributed by atoms with E-state index >= 15 is 0 Å². The fraction of sp³-hybridized carbons (Fsp3) is 0.429. The maximum atomic E-state index is 9.63. The largest absolute Gasteiger partial charge is 0.394 e. The highest BCUT2D eigenvalue weighted by Gasteiger charge is 2.25. The van der Waals surface area contributed by atoms with Crippen molar-refractivity contribution in [2.45, 2.75) is 25.0 Å². The van der Waals surface area contributed by atoms with Gasteiger partial charge in [-0.1, -0.05) is 11.6 Å². The number of aromatic amines is 1. The number of H-pyrrole nitrogens is 1. The molecule has 1 aromatic carbocycles. The Morgan fingerprint density at radius 2 is 2.26 bits per heavy atom. The Bertz CT molecular complexity index is 596. The topological polar surface area (TPSA) is 68.3 Å². The van der Waals surface area contributed by atoms with E-state index in [-0.39, 0.29) is 12.6 Å². The minimum Gasteiger partial charge on any atom is -0.394 e. The number of hydrogen-bond acceptors (Lipinski definition) is 3. The second-order valence-corrected chi connectivity index (χ2v) is 5.47. The Kier molecular flexibility index (Phi) is 3.50. The molecule has 0 fully saturated rings. The first-order chi connectivity index (χ1) is 9.19. The summed E-state index contributed by atoms with van der Waals surface area (Å²) in [5.74, 6) is 0. The SMILES string of the molecule is OC[C@@H](O)C[C@H]1NCCc2c1[nH]c1ccc(Cl)cc21. The Hall–Kier alpha value is -1.07. The summed E-state index contributed by atoms with van der Waals surface area (Å²) in [5.41, 5.74) is 3.45. The minimum absolute atomic E-state index is 0.0528. The number of benzene rings is 1. The number of rotatable bonds is 3. The predicted octanol–water partition coefficient (Wildman–Crippen LogP) is 1.75. The van der Waals surface area contributed by atoms with Crippen LogP contribution in [0.25, 0.3) is 10.9 Å². The number of fused-ring (bicyclic) bond motifs is 3. The van der Waals surface area contributed by atoms with Gasteiger partial charge >= 0.3 is 0 Å². The predicted molar refractivity (Wildman–Crippen MR) is 75.5 cm³/mol. The summed E-state index contributed by atoms with van der Waals surface area (Å²) in [6.45, 7) is 0.662. The summed E-state index contributed by atoms with van der Waals surface area (Å²) >= 11 is 6.06. The first-order valence-corrected chi connectivity index (χ1v) is 6.89. The van der Waals surface area contributed by atoms with Gasteiger partial charge in [-0.2, -0.15) is 0 Å². The van der Waals surface area contributed by atoms with Gasteiger partial charge in [0.2, 0.25) is 0 Å². The molecule has 1 aliphatic rings. The van der Waals surface area contributed by atoms with Crippen LogP contribution in [-0.2, 0) is 6.42 Å². The third-order valence-corrected chi connectivity index (χ3v) is 3.97. The average Bonchev–Trinajstić information content (AvgIpc) is 2.78. The highest BCUT2D eigenvalue weighted by atomic mass is 35.5. The van der Waals surface area contributed by atoms with Crippen molar-refractivity contribution >= 4 is 22.5 Å². The Balaban J connectivity index is 2.02. The monoisotopic (exact) mass is 280 g/mol. The zero-order chi connectivity index (χ0) is 13.4. The van der Waals surface area contributed by atoms with E-state index in [4.69, 9.17) is 16.7 Å². The number of aliphatic hydroxyl groups excluding tert-OH is 2. The van der Waals surface area contributed by atoms with Crippen LogP contribution < -0.4 is 5.32 Å². The molecule has 0 spiro atoms. The van der Waals surface area contributed by atoms with E-state index in [2.05, 4.69) is 10.3 Å². The van der Waals surface area contributed by atoms with E-state index in [1.165, 1.54) is 5.56 Å². The molecular formula is C14H17ClN2O2. The van der Waals surface area contributed by atoms with Crippen LogP contribution in [0, 0.1) is 0 Å². The lowest BCUT2D eigenvalue weighted by molar-refractivity contribution is 0.0780. The van der Waals surface area contributed by atoms with Crippen LogP contribution >= 0.6 is 11.6 Å². The van der Waals surface area contributed by atoms with Crippen molar-refractivity contribution in [3.8, 4) is 0 Å². The van der Waals surface area contributed by atoms with Gasteiger partial charge in [-0.05, 0) is 43.1 Å². The third kappa shape index (κ3) is 2.37. The molecule has 0 unspecified atom stereocenters. The van der Waals surface area contributed by atoms with Crippen LogP contribution in [-0.4, -0.2) is 34.5 Å². The van der Waals surface area contributed by atoms with Crippen molar-refractivity contribution in [2.24, 2.45) is 0 Å². The van der Waals surface area contributed by atoms with E-state index < -0.39 is 6.10 Å². The van der Waals surface area contributed by atoms with Gasteiger partial charge in [-0.3, -0.25) is 0 Å². The smallest absolute Gasteiger partial charge is 0.0789 e. The van der Waals surface area contributed by atoms with E-state index in [9.17, 15) is 5.11 Å². The molecule has 19 heavy (non-hydrogen) atoms. The molecule has 2 heterocycles. The molecule has 5 heteroatoms. The average molecular weight is 281 g/mol. The van der Waals surface area contributed by atoms with Crippen LogP contribution in [0.5, 0.6) is 0 Å². The summed E-state index contributed by atoms with van der Waals surface area (Å²) in [6.07, 6.45) is 0.754. The van der Waals surface area contributed by atoms with Gasteiger partial charge in [0.25, 0.3) is 0 Å². The molecule has 1 aliphatic heterocycles. The molecule has 2 atom stereocenters. The van der Waals surface area contributed by atoms with Crippen molar-refractivity contribution in [3.05, 3.63) is 34.5 Å². The maximum absolute atomic E-state index is 9.63. The number of aliphatic hydroxyl groups is 2. The molecular weight excluding hydrogens is 264 g/mol. The van der Waals surface area contributed by atoms with Crippen LogP contribution in [0.4, 0.5) is 0 Å². The number of halogens is 1. The highest BCUT2D eigenvalue weighted by Crippen LogP contribution is 2.33. The lowest BCUT2D eigenvalue weighted by Gasteiger charge is -2.25. The molecule has 0 bridgehead atoms. The van der Waals surface area contributed by atoms with Crippen molar-refractivity contribution in [1.29, 1.82) is 0 Å². The van der Waals surface area contributed by atoms with Gasteiger partial charge in [0.15, 0.2) is 0 Å². The molecule has 1 aromatic heterocycles. The van der Waals surface area contributed by atoms with Crippen LogP contribution in [0.3, 0.4) is 0 Å². The van der Waals surface area contributed by atoms with Crippen LogP contribution in [0.15, 0.2) is 18.2 Å². The second-order valence-electron chi connectivity index (χ2n) is 5.04. The van der Waals surface area contributed by atoms with E-state index in [1.54, 1.807) is 0 Å². The summed E-state index contributed by atoms with van der Waals surface area (Å²) in [4.78, 5) is 3.41. The molecule has 3 rings (SSSR count).